The summed E-state index contributed by atoms with van der Waals surface area (Å²) in [5.74, 6) is 0.523. The maximum atomic E-state index is 12.3. The SMILES string of the molecule is Nc1ccn(CC(=O)N2CCCC2c2ccc[nH]2)n1. The molecule has 0 spiro atoms. The second kappa shape index (κ2) is 4.79. The summed E-state index contributed by atoms with van der Waals surface area (Å²) in [4.78, 5) is 17.5. The predicted molar refractivity (Wildman–Crippen MR) is 71.1 cm³/mol. The van der Waals surface area contributed by atoms with Gasteiger partial charge in [0.05, 0.1) is 6.04 Å². The molecule has 100 valence electrons. The lowest BCUT2D eigenvalue weighted by molar-refractivity contribution is -0.133. The quantitative estimate of drug-likeness (QED) is 0.868. The van der Waals surface area contributed by atoms with Crippen molar-refractivity contribution in [3.8, 4) is 0 Å². The predicted octanol–water partition coefficient (Wildman–Crippen LogP) is 1.16. The molecule has 1 aliphatic rings. The van der Waals surface area contributed by atoms with Crippen molar-refractivity contribution in [2.75, 3.05) is 12.3 Å². The Kier molecular flexibility index (Phi) is 2.98. The number of aromatic amines is 1. The fraction of sp³-hybridized carbons (Fsp3) is 0.385. The van der Waals surface area contributed by atoms with Crippen molar-refractivity contribution < 1.29 is 4.79 Å². The number of hydrogen-bond donors (Lipinski definition) is 2. The molecule has 1 aliphatic heterocycles. The monoisotopic (exact) mass is 259 g/mol. The van der Waals surface area contributed by atoms with Gasteiger partial charge >= 0.3 is 0 Å². The Hall–Kier alpha value is -2.24. The average molecular weight is 259 g/mol. The number of anilines is 1. The third-order valence-electron chi connectivity index (χ3n) is 3.51. The number of carbonyl (C=O) groups is 1. The molecule has 0 aromatic carbocycles. The molecule has 6 nitrogen and oxygen atoms in total. The number of nitrogens with one attached hydrogen (secondary N) is 1. The second-order valence-corrected chi connectivity index (χ2v) is 4.81. The minimum absolute atomic E-state index is 0.0835. The molecule has 6 heteroatoms. The number of rotatable bonds is 3. The maximum Gasteiger partial charge on any atom is 0.244 e. The topological polar surface area (TPSA) is 79.9 Å². The van der Waals surface area contributed by atoms with E-state index in [1.165, 1.54) is 0 Å². The van der Waals surface area contributed by atoms with Gasteiger partial charge in [-0.3, -0.25) is 9.48 Å². The van der Waals surface area contributed by atoms with E-state index in [1.54, 1.807) is 16.9 Å². The third kappa shape index (κ3) is 2.33. The van der Waals surface area contributed by atoms with E-state index >= 15 is 0 Å². The molecule has 0 bridgehead atoms. The molecular formula is C13H17N5O. The van der Waals surface area contributed by atoms with Crippen molar-refractivity contribution >= 4 is 11.7 Å². The minimum atomic E-state index is 0.0835. The van der Waals surface area contributed by atoms with E-state index in [-0.39, 0.29) is 18.5 Å². The minimum Gasteiger partial charge on any atom is -0.382 e. The van der Waals surface area contributed by atoms with Crippen LogP contribution in [0.4, 0.5) is 5.82 Å². The molecule has 1 fully saturated rings. The van der Waals surface area contributed by atoms with Gasteiger partial charge in [-0.15, -0.1) is 0 Å². The molecule has 3 rings (SSSR count). The van der Waals surface area contributed by atoms with Crippen LogP contribution in [0, 0.1) is 0 Å². The van der Waals surface area contributed by atoms with Crippen LogP contribution in [-0.4, -0.2) is 32.1 Å². The first-order valence-corrected chi connectivity index (χ1v) is 6.46. The highest BCUT2D eigenvalue weighted by Crippen LogP contribution is 2.30. The number of likely N-dealkylation sites (tertiary alicyclic amines) is 1. The highest BCUT2D eigenvalue weighted by atomic mass is 16.2. The van der Waals surface area contributed by atoms with Crippen molar-refractivity contribution in [2.45, 2.75) is 25.4 Å². The fourth-order valence-corrected chi connectivity index (χ4v) is 2.63. The van der Waals surface area contributed by atoms with E-state index in [0.717, 1.165) is 25.1 Å². The Morgan fingerprint density at radius 1 is 1.53 bits per heavy atom. The van der Waals surface area contributed by atoms with Crippen LogP contribution in [0.1, 0.15) is 24.6 Å². The van der Waals surface area contributed by atoms with Gasteiger partial charge in [0, 0.05) is 24.6 Å². The van der Waals surface area contributed by atoms with Crippen molar-refractivity contribution in [3.05, 3.63) is 36.3 Å². The van der Waals surface area contributed by atoms with E-state index in [0.29, 0.717) is 5.82 Å². The number of aromatic nitrogens is 3. The van der Waals surface area contributed by atoms with Gasteiger partial charge in [0.15, 0.2) is 0 Å². The van der Waals surface area contributed by atoms with Crippen LogP contribution in [0.3, 0.4) is 0 Å². The maximum absolute atomic E-state index is 12.3. The van der Waals surface area contributed by atoms with E-state index in [4.69, 9.17) is 5.73 Å². The number of carbonyl (C=O) groups excluding carboxylic acids is 1. The number of H-pyrrole nitrogens is 1. The smallest absolute Gasteiger partial charge is 0.244 e. The van der Waals surface area contributed by atoms with E-state index < -0.39 is 0 Å². The molecule has 0 saturated carbocycles. The Balaban J connectivity index is 1.72. The van der Waals surface area contributed by atoms with Crippen LogP contribution < -0.4 is 5.73 Å². The highest BCUT2D eigenvalue weighted by molar-refractivity contribution is 5.76. The first-order valence-electron chi connectivity index (χ1n) is 6.46. The van der Waals surface area contributed by atoms with E-state index in [9.17, 15) is 4.79 Å². The van der Waals surface area contributed by atoms with Crippen LogP contribution >= 0.6 is 0 Å². The Morgan fingerprint density at radius 2 is 2.42 bits per heavy atom. The molecule has 2 aromatic heterocycles. The van der Waals surface area contributed by atoms with Crippen LogP contribution in [0.2, 0.25) is 0 Å². The molecular weight excluding hydrogens is 242 g/mol. The van der Waals surface area contributed by atoms with Gasteiger partial charge in [0.25, 0.3) is 0 Å². The molecule has 3 N–H and O–H groups in total. The van der Waals surface area contributed by atoms with Gasteiger partial charge in [-0.1, -0.05) is 0 Å². The summed E-state index contributed by atoms with van der Waals surface area (Å²) >= 11 is 0. The number of hydrogen-bond acceptors (Lipinski definition) is 3. The molecule has 0 radical (unpaired) electrons. The van der Waals surface area contributed by atoms with Gasteiger partial charge in [0.2, 0.25) is 5.91 Å². The fourth-order valence-electron chi connectivity index (χ4n) is 2.63. The molecule has 1 atom stereocenters. The first-order chi connectivity index (χ1) is 9.24. The normalized spacial score (nSPS) is 18.9. The molecule has 1 unspecified atom stereocenters. The molecule has 0 aliphatic carbocycles. The van der Waals surface area contributed by atoms with E-state index in [2.05, 4.69) is 10.1 Å². The lowest BCUT2D eigenvalue weighted by atomic mass is 10.1. The number of nitrogen functional groups attached to an aromatic ring is 1. The summed E-state index contributed by atoms with van der Waals surface area (Å²) in [6.45, 7) is 1.05. The van der Waals surface area contributed by atoms with Crippen molar-refractivity contribution in [3.63, 3.8) is 0 Å². The second-order valence-electron chi connectivity index (χ2n) is 4.81. The molecule has 2 aromatic rings. The average Bonchev–Trinajstić information content (AvgIpc) is 3.07. The zero-order valence-electron chi connectivity index (χ0n) is 10.6. The largest absolute Gasteiger partial charge is 0.382 e. The Labute approximate surface area is 111 Å². The molecule has 19 heavy (non-hydrogen) atoms. The third-order valence-corrected chi connectivity index (χ3v) is 3.51. The van der Waals surface area contributed by atoms with Crippen LogP contribution in [0.25, 0.3) is 0 Å². The summed E-state index contributed by atoms with van der Waals surface area (Å²) in [5.41, 5.74) is 6.65. The summed E-state index contributed by atoms with van der Waals surface area (Å²) in [7, 11) is 0. The summed E-state index contributed by atoms with van der Waals surface area (Å²) in [5, 5.41) is 4.05. The zero-order valence-corrected chi connectivity index (χ0v) is 10.6. The first kappa shape index (κ1) is 11.8. The highest BCUT2D eigenvalue weighted by Gasteiger charge is 2.30. The van der Waals surface area contributed by atoms with Gasteiger partial charge in [-0.2, -0.15) is 5.10 Å². The Bertz CT molecular complexity index is 559. The van der Waals surface area contributed by atoms with Crippen molar-refractivity contribution in [1.29, 1.82) is 0 Å². The number of nitrogens with two attached hydrogens (primary N) is 1. The Morgan fingerprint density at radius 3 is 3.11 bits per heavy atom. The van der Waals surface area contributed by atoms with E-state index in [1.807, 2.05) is 23.2 Å². The summed E-state index contributed by atoms with van der Waals surface area (Å²) in [6.07, 6.45) is 5.67. The van der Waals surface area contributed by atoms with Crippen LogP contribution in [-0.2, 0) is 11.3 Å². The van der Waals surface area contributed by atoms with Gasteiger partial charge in [0.1, 0.15) is 12.4 Å². The van der Waals surface area contributed by atoms with Crippen LogP contribution in [0.5, 0.6) is 0 Å². The van der Waals surface area contributed by atoms with Crippen LogP contribution in [0.15, 0.2) is 30.6 Å². The summed E-state index contributed by atoms with van der Waals surface area (Å²) < 4.78 is 1.59. The standard InChI is InChI=1S/C13H17N5O/c14-12-5-8-17(16-12)9-13(19)18-7-2-4-11(18)10-3-1-6-15-10/h1,3,5-6,8,11,15H,2,4,7,9H2,(H2,14,16). The molecule has 1 saturated heterocycles. The summed E-state index contributed by atoms with van der Waals surface area (Å²) in [6, 6.07) is 5.85. The van der Waals surface area contributed by atoms with Gasteiger partial charge in [-0.25, -0.2) is 0 Å². The lowest BCUT2D eigenvalue weighted by Crippen LogP contribution is -2.33. The van der Waals surface area contributed by atoms with Gasteiger partial charge < -0.3 is 15.6 Å². The van der Waals surface area contributed by atoms with Gasteiger partial charge in [-0.05, 0) is 31.0 Å². The van der Waals surface area contributed by atoms with Crippen molar-refractivity contribution in [2.24, 2.45) is 0 Å². The lowest BCUT2D eigenvalue weighted by Gasteiger charge is -2.24. The number of nitrogens with zero attached hydrogens (tertiary/aromatic N) is 3. The molecule has 3 heterocycles. The zero-order chi connectivity index (χ0) is 13.2. The number of amides is 1. The van der Waals surface area contributed by atoms with Crippen molar-refractivity contribution in [1.82, 2.24) is 19.7 Å². The molecule has 1 amide bonds.